The largest absolute Gasteiger partial charge is 0.497 e. The van der Waals surface area contributed by atoms with E-state index in [2.05, 4.69) is 12.1 Å². The van der Waals surface area contributed by atoms with Crippen molar-refractivity contribution in [3.63, 3.8) is 0 Å². The van der Waals surface area contributed by atoms with E-state index >= 15 is 0 Å². The first-order chi connectivity index (χ1) is 8.28. The van der Waals surface area contributed by atoms with Gasteiger partial charge in [0.1, 0.15) is 5.75 Å². The third-order valence-corrected chi connectivity index (χ3v) is 2.77. The van der Waals surface area contributed by atoms with Gasteiger partial charge in [-0.15, -0.1) is 0 Å². The molecule has 0 amide bonds. The molecular formula is C14H16O3. The zero-order valence-electron chi connectivity index (χ0n) is 10.3. The third-order valence-electron chi connectivity index (χ3n) is 2.77. The maximum absolute atomic E-state index is 5.24. The van der Waals surface area contributed by atoms with Crippen LogP contribution in [0, 0.1) is 0 Å². The summed E-state index contributed by atoms with van der Waals surface area (Å²) in [6.45, 7) is 0. The van der Waals surface area contributed by atoms with E-state index in [-0.39, 0.29) is 6.29 Å². The van der Waals surface area contributed by atoms with Crippen molar-refractivity contribution >= 4 is 10.8 Å². The molecule has 3 heteroatoms. The van der Waals surface area contributed by atoms with Gasteiger partial charge in [-0.2, -0.15) is 0 Å². The van der Waals surface area contributed by atoms with Gasteiger partial charge in [0.05, 0.1) is 7.11 Å². The number of benzene rings is 2. The number of ether oxygens (including phenoxy) is 3. The molecule has 0 spiro atoms. The predicted molar refractivity (Wildman–Crippen MR) is 67.3 cm³/mol. The van der Waals surface area contributed by atoms with Gasteiger partial charge in [0.15, 0.2) is 6.29 Å². The van der Waals surface area contributed by atoms with Gasteiger partial charge in [0, 0.05) is 19.8 Å². The van der Waals surface area contributed by atoms with Crippen LogP contribution in [0.15, 0.2) is 36.4 Å². The highest BCUT2D eigenvalue weighted by Gasteiger charge is 2.09. The highest BCUT2D eigenvalue weighted by molar-refractivity contribution is 5.84. The molecule has 0 aliphatic carbocycles. The topological polar surface area (TPSA) is 27.7 Å². The molecule has 2 aromatic carbocycles. The summed E-state index contributed by atoms with van der Waals surface area (Å²) < 4.78 is 15.7. The maximum atomic E-state index is 5.24. The third kappa shape index (κ3) is 2.40. The summed E-state index contributed by atoms with van der Waals surface area (Å²) in [4.78, 5) is 0. The predicted octanol–water partition coefficient (Wildman–Crippen LogP) is 3.14. The summed E-state index contributed by atoms with van der Waals surface area (Å²) >= 11 is 0. The van der Waals surface area contributed by atoms with Gasteiger partial charge in [-0.05, 0) is 29.0 Å². The maximum Gasteiger partial charge on any atom is 0.183 e. The highest BCUT2D eigenvalue weighted by Crippen LogP contribution is 2.25. The molecule has 0 heterocycles. The summed E-state index contributed by atoms with van der Waals surface area (Å²) in [5.41, 5.74) is 0.996. The molecule has 0 aromatic heterocycles. The molecule has 3 nitrogen and oxygen atoms in total. The molecule has 2 rings (SSSR count). The Hall–Kier alpha value is -1.58. The van der Waals surface area contributed by atoms with Gasteiger partial charge in [-0.25, -0.2) is 0 Å². The minimum Gasteiger partial charge on any atom is -0.497 e. The first-order valence-corrected chi connectivity index (χ1v) is 5.42. The van der Waals surface area contributed by atoms with Crippen LogP contribution in [0.1, 0.15) is 11.9 Å². The number of hydrogen-bond acceptors (Lipinski definition) is 3. The van der Waals surface area contributed by atoms with Crippen LogP contribution in [-0.4, -0.2) is 21.3 Å². The van der Waals surface area contributed by atoms with E-state index in [1.807, 2.05) is 24.3 Å². The zero-order chi connectivity index (χ0) is 12.3. The molecule has 2 aromatic rings. The smallest absolute Gasteiger partial charge is 0.183 e. The van der Waals surface area contributed by atoms with E-state index in [9.17, 15) is 0 Å². The van der Waals surface area contributed by atoms with Crippen LogP contribution < -0.4 is 4.74 Å². The first kappa shape index (κ1) is 11.9. The van der Waals surface area contributed by atoms with Crippen LogP contribution in [0.2, 0.25) is 0 Å². The molecule has 17 heavy (non-hydrogen) atoms. The van der Waals surface area contributed by atoms with Crippen molar-refractivity contribution < 1.29 is 14.2 Å². The van der Waals surface area contributed by atoms with E-state index in [1.165, 1.54) is 5.39 Å². The number of hydrogen-bond donors (Lipinski definition) is 0. The van der Waals surface area contributed by atoms with Gasteiger partial charge >= 0.3 is 0 Å². The molecule has 0 saturated heterocycles. The molecule has 0 aliphatic rings. The monoisotopic (exact) mass is 232 g/mol. The van der Waals surface area contributed by atoms with Crippen molar-refractivity contribution in [2.75, 3.05) is 21.3 Å². The summed E-state index contributed by atoms with van der Waals surface area (Å²) in [5.74, 6) is 0.848. The molecule has 0 atom stereocenters. The van der Waals surface area contributed by atoms with E-state index in [4.69, 9.17) is 14.2 Å². The Morgan fingerprint density at radius 2 is 1.53 bits per heavy atom. The Morgan fingerprint density at radius 1 is 0.824 bits per heavy atom. The fraction of sp³-hybridized carbons (Fsp3) is 0.286. The average molecular weight is 232 g/mol. The SMILES string of the molecule is COc1ccc2ccc(C(OC)OC)cc2c1. The number of rotatable bonds is 4. The minimum absolute atomic E-state index is 0.328. The summed E-state index contributed by atoms with van der Waals surface area (Å²) in [6, 6.07) is 12.1. The van der Waals surface area contributed by atoms with Crippen LogP contribution >= 0.6 is 0 Å². The number of methoxy groups -OCH3 is 3. The lowest BCUT2D eigenvalue weighted by molar-refractivity contribution is -0.105. The minimum atomic E-state index is -0.328. The molecule has 0 aliphatic heterocycles. The van der Waals surface area contributed by atoms with Crippen molar-refractivity contribution in [2.24, 2.45) is 0 Å². The standard InChI is InChI=1S/C14H16O3/c1-15-13-7-6-10-4-5-11(8-12(10)9-13)14(16-2)17-3/h4-9,14H,1-3H3. The van der Waals surface area contributed by atoms with Crippen molar-refractivity contribution in [2.45, 2.75) is 6.29 Å². The Bertz CT molecular complexity index is 504. The molecule has 90 valence electrons. The molecule has 0 bridgehead atoms. The van der Waals surface area contributed by atoms with Crippen LogP contribution in [0.5, 0.6) is 5.75 Å². The fourth-order valence-electron chi connectivity index (χ4n) is 1.89. The Kier molecular flexibility index (Phi) is 3.61. The molecule has 0 fully saturated rings. The lowest BCUT2D eigenvalue weighted by Gasteiger charge is -2.14. The van der Waals surface area contributed by atoms with Gasteiger partial charge < -0.3 is 14.2 Å². The molecular weight excluding hydrogens is 216 g/mol. The molecule has 0 unspecified atom stereocenters. The number of fused-ring (bicyclic) bond motifs is 1. The first-order valence-electron chi connectivity index (χ1n) is 5.42. The normalized spacial score (nSPS) is 11.1. The Labute approximate surface area is 101 Å². The molecule has 0 radical (unpaired) electrons. The second-order valence-electron chi connectivity index (χ2n) is 3.78. The summed E-state index contributed by atoms with van der Waals surface area (Å²) in [7, 11) is 4.92. The van der Waals surface area contributed by atoms with Crippen molar-refractivity contribution in [3.8, 4) is 5.75 Å². The van der Waals surface area contributed by atoms with Crippen molar-refractivity contribution in [1.29, 1.82) is 0 Å². The van der Waals surface area contributed by atoms with Crippen molar-refractivity contribution in [3.05, 3.63) is 42.0 Å². The fourth-order valence-corrected chi connectivity index (χ4v) is 1.89. The Morgan fingerprint density at radius 3 is 2.18 bits per heavy atom. The zero-order valence-corrected chi connectivity index (χ0v) is 10.3. The van der Waals surface area contributed by atoms with Gasteiger partial charge in [-0.3, -0.25) is 0 Å². The molecule has 0 saturated carbocycles. The van der Waals surface area contributed by atoms with Gasteiger partial charge in [-0.1, -0.05) is 18.2 Å². The van der Waals surface area contributed by atoms with Crippen LogP contribution in [0.3, 0.4) is 0 Å². The van der Waals surface area contributed by atoms with E-state index in [1.54, 1.807) is 21.3 Å². The Balaban J connectivity index is 2.47. The van der Waals surface area contributed by atoms with Crippen LogP contribution in [-0.2, 0) is 9.47 Å². The summed E-state index contributed by atoms with van der Waals surface area (Å²) in [6.07, 6.45) is -0.328. The lowest BCUT2D eigenvalue weighted by Crippen LogP contribution is -2.03. The highest BCUT2D eigenvalue weighted by atomic mass is 16.7. The van der Waals surface area contributed by atoms with Crippen LogP contribution in [0.25, 0.3) is 10.8 Å². The van der Waals surface area contributed by atoms with Crippen LogP contribution in [0.4, 0.5) is 0 Å². The quantitative estimate of drug-likeness (QED) is 0.758. The second kappa shape index (κ2) is 5.17. The van der Waals surface area contributed by atoms with E-state index in [0.29, 0.717) is 0 Å². The van der Waals surface area contributed by atoms with Gasteiger partial charge in [0.2, 0.25) is 0 Å². The van der Waals surface area contributed by atoms with Gasteiger partial charge in [0.25, 0.3) is 0 Å². The lowest BCUT2D eigenvalue weighted by atomic mass is 10.1. The van der Waals surface area contributed by atoms with E-state index < -0.39 is 0 Å². The second-order valence-corrected chi connectivity index (χ2v) is 3.78. The summed E-state index contributed by atoms with van der Waals surface area (Å²) in [5, 5.41) is 2.28. The molecule has 0 N–H and O–H groups in total. The van der Waals surface area contributed by atoms with Crippen molar-refractivity contribution in [1.82, 2.24) is 0 Å². The van der Waals surface area contributed by atoms with E-state index in [0.717, 1.165) is 16.7 Å². The average Bonchev–Trinajstić information content (AvgIpc) is 2.39.